The molecule has 8 nitrogen and oxygen atoms in total. The number of aromatic nitrogens is 5. The van der Waals surface area contributed by atoms with Crippen LogP contribution >= 0.6 is 0 Å². The van der Waals surface area contributed by atoms with Crippen molar-refractivity contribution in [3.8, 4) is 0 Å². The third-order valence-corrected chi connectivity index (χ3v) is 6.22. The highest BCUT2D eigenvalue weighted by Crippen LogP contribution is 2.51. The molecule has 1 aliphatic carbocycles. The smallest absolute Gasteiger partial charge is 0.390 e. The summed E-state index contributed by atoms with van der Waals surface area (Å²) >= 11 is 0. The fourth-order valence-corrected chi connectivity index (χ4v) is 4.27. The number of hydrogen-bond acceptors (Lipinski definition) is 6. The molecule has 34 heavy (non-hydrogen) atoms. The van der Waals surface area contributed by atoms with Crippen LogP contribution in [0.25, 0.3) is 11.0 Å². The van der Waals surface area contributed by atoms with Crippen molar-refractivity contribution >= 4 is 11.0 Å². The second kappa shape index (κ2) is 7.64. The third-order valence-electron chi connectivity index (χ3n) is 6.22. The molecule has 1 saturated carbocycles. The molecule has 0 unspecified atom stereocenters. The molecule has 0 aliphatic heterocycles. The van der Waals surface area contributed by atoms with E-state index in [-0.39, 0.29) is 42.0 Å². The molecule has 0 spiro atoms. The maximum atomic E-state index is 15.3. The van der Waals surface area contributed by atoms with Crippen molar-refractivity contribution in [3.63, 3.8) is 0 Å². The quantitative estimate of drug-likeness (QED) is 0.441. The van der Waals surface area contributed by atoms with Gasteiger partial charge in [-0.1, -0.05) is 24.3 Å². The van der Waals surface area contributed by atoms with E-state index in [1.54, 1.807) is 19.2 Å². The number of hydrogen-bond donors (Lipinski definition) is 0. The Morgan fingerprint density at radius 2 is 1.85 bits per heavy atom. The van der Waals surface area contributed by atoms with Gasteiger partial charge in [0.05, 0.1) is 11.4 Å². The van der Waals surface area contributed by atoms with E-state index in [4.69, 9.17) is 4.42 Å². The van der Waals surface area contributed by atoms with Crippen molar-refractivity contribution < 1.29 is 17.6 Å². The highest BCUT2D eigenvalue weighted by atomic mass is 19.3. The van der Waals surface area contributed by atoms with Gasteiger partial charge in [0.2, 0.25) is 5.89 Å². The summed E-state index contributed by atoms with van der Waals surface area (Å²) in [6.07, 6.45) is 2.76. The van der Waals surface area contributed by atoms with Gasteiger partial charge in [0.1, 0.15) is 18.5 Å². The lowest BCUT2D eigenvalue weighted by Crippen LogP contribution is -2.42. The maximum Gasteiger partial charge on any atom is 0.437 e. The van der Waals surface area contributed by atoms with E-state index in [2.05, 4.69) is 15.1 Å². The summed E-state index contributed by atoms with van der Waals surface area (Å²) in [5.74, 6) is -3.78. The SMILES string of the molecule is Cc1ccnc2ncn(Cc3nn(C4CC(F)(c5ccc(C(C)(F)F)cc5)C4)c(=O)o3)c(=O)c12. The second-order valence-electron chi connectivity index (χ2n) is 8.70. The number of alkyl halides is 3. The summed E-state index contributed by atoms with van der Waals surface area (Å²) in [5.41, 5.74) is -0.996. The van der Waals surface area contributed by atoms with Gasteiger partial charge in [-0.15, -0.1) is 5.10 Å². The Bertz CT molecular complexity index is 1500. The van der Waals surface area contributed by atoms with E-state index in [0.29, 0.717) is 16.6 Å². The Labute approximate surface area is 190 Å². The molecule has 0 atom stereocenters. The van der Waals surface area contributed by atoms with Gasteiger partial charge in [0.15, 0.2) is 5.65 Å². The maximum absolute atomic E-state index is 15.3. The normalized spacial score (nSPS) is 20.4. The first-order chi connectivity index (χ1) is 16.0. The molecule has 1 fully saturated rings. The van der Waals surface area contributed by atoms with Gasteiger partial charge < -0.3 is 4.42 Å². The van der Waals surface area contributed by atoms with Crippen LogP contribution in [0, 0.1) is 6.92 Å². The van der Waals surface area contributed by atoms with Gasteiger partial charge in [-0.3, -0.25) is 9.36 Å². The molecule has 4 aromatic rings. The summed E-state index contributed by atoms with van der Waals surface area (Å²) in [6.45, 7) is 2.42. The highest BCUT2D eigenvalue weighted by molar-refractivity contribution is 5.76. The Balaban J connectivity index is 1.34. The van der Waals surface area contributed by atoms with E-state index < -0.39 is 23.4 Å². The van der Waals surface area contributed by atoms with Gasteiger partial charge >= 0.3 is 5.76 Å². The molecule has 3 heterocycles. The first-order valence-electron chi connectivity index (χ1n) is 10.6. The van der Waals surface area contributed by atoms with Crippen molar-refractivity contribution in [2.45, 2.75) is 50.9 Å². The average molecular weight is 471 g/mol. The van der Waals surface area contributed by atoms with Gasteiger partial charge in [0, 0.05) is 31.5 Å². The predicted molar refractivity (Wildman–Crippen MR) is 115 cm³/mol. The Morgan fingerprint density at radius 1 is 1.15 bits per heavy atom. The third kappa shape index (κ3) is 3.70. The zero-order chi connectivity index (χ0) is 24.3. The van der Waals surface area contributed by atoms with Gasteiger partial charge in [-0.2, -0.15) is 4.68 Å². The highest BCUT2D eigenvalue weighted by Gasteiger charge is 2.48. The average Bonchev–Trinajstić information content (AvgIpc) is 3.12. The first-order valence-corrected chi connectivity index (χ1v) is 10.6. The van der Waals surface area contributed by atoms with Crippen molar-refractivity contribution in [2.75, 3.05) is 0 Å². The van der Waals surface area contributed by atoms with E-state index in [0.717, 1.165) is 11.6 Å². The Kier molecular flexibility index (Phi) is 4.96. The molecule has 1 aromatic carbocycles. The zero-order valence-electron chi connectivity index (χ0n) is 18.3. The topological polar surface area (TPSA) is 95.8 Å². The minimum Gasteiger partial charge on any atom is -0.390 e. The predicted octanol–water partition coefficient (Wildman–Crippen LogP) is 3.61. The van der Waals surface area contributed by atoms with E-state index in [1.165, 1.54) is 35.2 Å². The molecule has 0 N–H and O–H groups in total. The largest absolute Gasteiger partial charge is 0.437 e. The molecule has 1 aliphatic rings. The fourth-order valence-electron chi connectivity index (χ4n) is 4.27. The number of rotatable bonds is 5. The van der Waals surface area contributed by atoms with Crippen molar-refractivity contribution in [3.05, 3.63) is 86.3 Å². The molecule has 11 heteroatoms. The number of aryl methyl sites for hydroxylation is 1. The number of fused-ring (bicyclic) bond motifs is 1. The number of nitrogens with zero attached hydrogens (tertiary/aromatic N) is 5. The minimum absolute atomic E-state index is 0.0133. The van der Waals surface area contributed by atoms with Crippen molar-refractivity contribution in [1.29, 1.82) is 0 Å². The van der Waals surface area contributed by atoms with Gasteiger partial charge in [0.25, 0.3) is 11.5 Å². The molecular formula is C23H20F3N5O3. The molecule has 5 rings (SSSR count). The van der Waals surface area contributed by atoms with Gasteiger partial charge in [-0.05, 0) is 24.1 Å². The van der Waals surface area contributed by atoms with Crippen LogP contribution in [-0.4, -0.2) is 24.3 Å². The monoisotopic (exact) mass is 471 g/mol. The van der Waals surface area contributed by atoms with Crippen LogP contribution < -0.4 is 11.3 Å². The molecule has 0 bridgehead atoms. The van der Waals surface area contributed by atoms with Crippen LogP contribution in [0.3, 0.4) is 0 Å². The number of benzene rings is 1. The van der Waals surface area contributed by atoms with Crippen LogP contribution in [-0.2, 0) is 18.1 Å². The summed E-state index contributed by atoms with van der Waals surface area (Å²) < 4.78 is 49.6. The van der Waals surface area contributed by atoms with Crippen LogP contribution in [0.1, 0.15) is 48.4 Å². The van der Waals surface area contributed by atoms with E-state index >= 15 is 4.39 Å². The molecule has 0 amide bonds. The van der Waals surface area contributed by atoms with Crippen LogP contribution in [0.15, 0.2) is 56.9 Å². The second-order valence-corrected chi connectivity index (χ2v) is 8.70. The fraction of sp³-hybridized carbons (Fsp3) is 0.348. The van der Waals surface area contributed by atoms with Crippen molar-refractivity contribution in [1.82, 2.24) is 24.3 Å². The lowest BCUT2D eigenvalue weighted by molar-refractivity contribution is 0.000931. The lowest BCUT2D eigenvalue weighted by Gasteiger charge is -2.41. The minimum atomic E-state index is -3.01. The summed E-state index contributed by atoms with van der Waals surface area (Å²) in [6, 6.07) is 6.24. The Morgan fingerprint density at radius 3 is 2.53 bits per heavy atom. The van der Waals surface area contributed by atoms with Crippen molar-refractivity contribution in [2.24, 2.45) is 0 Å². The molecular weight excluding hydrogens is 451 g/mol. The first kappa shape index (κ1) is 22.1. The van der Waals surface area contributed by atoms with Crippen LogP contribution in [0.5, 0.6) is 0 Å². The van der Waals surface area contributed by atoms with Crippen LogP contribution in [0.4, 0.5) is 13.2 Å². The van der Waals surface area contributed by atoms with E-state index in [1.807, 2.05) is 0 Å². The standard InChI is InChI=1S/C23H20F3N5O3/c1-13-7-8-27-19-18(13)20(32)30(12-28-19)11-17-29-31(21(33)34-17)16-9-23(26,10-16)15-5-3-14(4-6-15)22(2,24)25/h3-8,12,16H,9-11H2,1-2H3. The molecule has 3 aromatic heterocycles. The summed E-state index contributed by atoms with van der Waals surface area (Å²) in [4.78, 5) is 33.4. The number of halogens is 3. The molecule has 0 radical (unpaired) electrons. The van der Waals surface area contributed by atoms with Crippen LogP contribution in [0.2, 0.25) is 0 Å². The lowest BCUT2D eigenvalue weighted by atomic mass is 9.73. The molecule has 176 valence electrons. The number of pyridine rings is 1. The van der Waals surface area contributed by atoms with Gasteiger partial charge in [-0.25, -0.2) is 27.9 Å². The summed E-state index contributed by atoms with van der Waals surface area (Å²) in [5, 5.41) is 4.51. The molecule has 0 saturated heterocycles. The van der Waals surface area contributed by atoms with E-state index in [9.17, 15) is 18.4 Å². The zero-order valence-corrected chi connectivity index (χ0v) is 18.3. The summed E-state index contributed by atoms with van der Waals surface area (Å²) in [7, 11) is 0. The Hall–Kier alpha value is -3.76.